The van der Waals surface area contributed by atoms with Crippen molar-refractivity contribution in [2.75, 3.05) is 6.61 Å². The SMILES string of the molecule is C=C(/C=C\CC)OC1OC(CO)C(O)C(O)C1O. The van der Waals surface area contributed by atoms with Gasteiger partial charge in [0.15, 0.2) is 0 Å². The Morgan fingerprint density at radius 2 is 1.94 bits per heavy atom. The van der Waals surface area contributed by atoms with Gasteiger partial charge in [-0.25, -0.2) is 0 Å². The Bertz CT molecular complexity index is 301. The number of aliphatic hydroxyl groups excluding tert-OH is 4. The Morgan fingerprint density at radius 3 is 2.50 bits per heavy atom. The summed E-state index contributed by atoms with van der Waals surface area (Å²) in [7, 11) is 0. The predicted octanol–water partition coefficient (Wildman–Crippen LogP) is -0.717. The Kier molecular flexibility index (Phi) is 5.77. The molecule has 5 atom stereocenters. The summed E-state index contributed by atoms with van der Waals surface area (Å²) in [6, 6.07) is 0. The van der Waals surface area contributed by atoms with E-state index in [1.165, 1.54) is 0 Å². The molecule has 104 valence electrons. The van der Waals surface area contributed by atoms with Crippen molar-refractivity contribution in [3.05, 3.63) is 24.5 Å². The molecular formula is C12H20O6. The molecule has 0 amide bonds. The summed E-state index contributed by atoms with van der Waals surface area (Å²) in [5, 5.41) is 37.8. The van der Waals surface area contributed by atoms with E-state index in [9.17, 15) is 15.3 Å². The quantitative estimate of drug-likeness (QED) is 0.385. The smallest absolute Gasteiger partial charge is 0.229 e. The number of aliphatic hydroxyl groups is 4. The molecule has 5 unspecified atom stereocenters. The van der Waals surface area contributed by atoms with Gasteiger partial charge >= 0.3 is 0 Å². The first-order valence-electron chi connectivity index (χ1n) is 5.83. The van der Waals surface area contributed by atoms with Gasteiger partial charge in [-0.3, -0.25) is 0 Å². The van der Waals surface area contributed by atoms with E-state index in [0.29, 0.717) is 0 Å². The lowest BCUT2D eigenvalue weighted by atomic mass is 9.99. The van der Waals surface area contributed by atoms with Gasteiger partial charge in [-0.15, -0.1) is 0 Å². The second-order valence-corrected chi connectivity index (χ2v) is 4.09. The highest BCUT2D eigenvalue weighted by atomic mass is 16.7. The summed E-state index contributed by atoms with van der Waals surface area (Å²) in [5.74, 6) is 0.265. The van der Waals surface area contributed by atoms with Gasteiger partial charge in [-0.2, -0.15) is 0 Å². The molecule has 0 bridgehead atoms. The summed E-state index contributed by atoms with van der Waals surface area (Å²) < 4.78 is 10.4. The third-order valence-corrected chi connectivity index (χ3v) is 2.66. The first kappa shape index (κ1) is 15.1. The molecule has 0 aromatic heterocycles. The number of ether oxygens (including phenoxy) is 2. The predicted molar refractivity (Wildman–Crippen MR) is 63.4 cm³/mol. The Labute approximate surface area is 106 Å². The average Bonchev–Trinajstić information content (AvgIpc) is 2.37. The Hall–Kier alpha value is -0.920. The number of hydrogen-bond donors (Lipinski definition) is 4. The largest absolute Gasteiger partial charge is 0.463 e. The molecular weight excluding hydrogens is 240 g/mol. The van der Waals surface area contributed by atoms with Crippen LogP contribution in [0.5, 0.6) is 0 Å². The van der Waals surface area contributed by atoms with Crippen molar-refractivity contribution in [1.82, 2.24) is 0 Å². The first-order valence-corrected chi connectivity index (χ1v) is 5.83. The van der Waals surface area contributed by atoms with Crippen molar-refractivity contribution in [3.8, 4) is 0 Å². The van der Waals surface area contributed by atoms with Crippen LogP contribution < -0.4 is 0 Å². The summed E-state index contributed by atoms with van der Waals surface area (Å²) in [5.41, 5.74) is 0. The highest BCUT2D eigenvalue weighted by Gasteiger charge is 2.44. The third kappa shape index (κ3) is 3.54. The summed E-state index contributed by atoms with van der Waals surface area (Å²) in [6.07, 6.45) is -2.15. The molecule has 0 spiro atoms. The average molecular weight is 260 g/mol. The third-order valence-electron chi connectivity index (χ3n) is 2.66. The van der Waals surface area contributed by atoms with Crippen LogP contribution in [0.15, 0.2) is 24.5 Å². The molecule has 0 aromatic rings. The van der Waals surface area contributed by atoms with Gasteiger partial charge in [0.25, 0.3) is 0 Å². The van der Waals surface area contributed by atoms with Crippen LogP contribution in [-0.2, 0) is 9.47 Å². The Balaban J connectivity index is 2.64. The van der Waals surface area contributed by atoms with E-state index in [-0.39, 0.29) is 5.76 Å². The number of rotatable bonds is 5. The molecule has 0 aliphatic carbocycles. The van der Waals surface area contributed by atoms with Crippen LogP contribution in [0.1, 0.15) is 13.3 Å². The van der Waals surface area contributed by atoms with Crippen molar-refractivity contribution in [2.24, 2.45) is 0 Å². The van der Waals surface area contributed by atoms with Crippen molar-refractivity contribution >= 4 is 0 Å². The maximum atomic E-state index is 9.69. The van der Waals surface area contributed by atoms with Gasteiger partial charge in [0.1, 0.15) is 30.2 Å². The van der Waals surface area contributed by atoms with Gasteiger partial charge in [-0.05, 0) is 12.5 Å². The summed E-state index contributed by atoms with van der Waals surface area (Å²) in [4.78, 5) is 0. The van der Waals surface area contributed by atoms with E-state index in [1.54, 1.807) is 6.08 Å². The fourth-order valence-corrected chi connectivity index (χ4v) is 1.60. The molecule has 18 heavy (non-hydrogen) atoms. The molecule has 4 N–H and O–H groups in total. The van der Waals surface area contributed by atoms with Gasteiger partial charge in [0.05, 0.1) is 6.61 Å². The lowest BCUT2D eigenvalue weighted by Crippen LogP contribution is -2.59. The standard InChI is InChI=1S/C12H20O6/c1-3-4-5-7(2)17-12-11(16)10(15)9(14)8(6-13)18-12/h4-5,8-16H,2-3,6H2,1H3/b5-4-. The zero-order valence-corrected chi connectivity index (χ0v) is 10.3. The zero-order valence-electron chi connectivity index (χ0n) is 10.3. The van der Waals surface area contributed by atoms with Gasteiger partial charge in [0, 0.05) is 0 Å². The highest BCUT2D eigenvalue weighted by Crippen LogP contribution is 2.23. The second kappa shape index (κ2) is 6.86. The number of hydrogen-bond acceptors (Lipinski definition) is 6. The van der Waals surface area contributed by atoms with E-state index < -0.39 is 37.3 Å². The topological polar surface area (TPSA) is 99.4 Å². The van der Waals surface area contributed by atoms with Crippen molar-refractivity contribution in [2.45, 2.75) is 44.1 Å². The second-order valence-electron chi connectivity index (χ2n) is 4.09. The molecule has 6 nitrogen and oxygen atoms in total. The van der Waals surface area contributed by atoms with E-state index in [2.05, 4.69) is 6.58 Å². The van der Waals surface area contributed by atoms with Crippen LogP contribution in [-0.4, -0.2) is 57.7 Å². The van der Waals surface area contributed by atoms with Crippen molar-refractivity contribution < 1.29 is 29.9 Å². The van der Waals surface area contributed by atoms with Gasteiger partial charge in [-0.1, -0.05) is 19.6 Å². The molecule has 1 rings (SSSR count). The van der Waals surface area contributed by atoms with Gasteiger partial charge < -0.3 is 29.9 Å². The van der Waals surface area contributed by atoms with Crippen LogP contribution >= 0.6 is 0 Å². The molecule has 0 radical (unpaired) electrons. The molecule has 0 aromatic carbocycles. The fraction of sp³-hybridized carbons (Fsp3) is 0.667. The fourth-order valence-electron chi connectivity index (χ4n) is 1.60. The van der Waals surface area contributed by atoms with Crippen LogP contribution in [0.4, 0.5) is 0 Å². The first-order chi connectivity index (χ1) is 8.51. The summed E-state index contributed by atoms with van der Waals surface area (Å²) >= 11 is 0. The maximum absolute atomic E-state index is 9.69. The minimum Gasteiger partial charge on any atom is -0.463 e. The van der Waals surface area contributed by atoms with Gasteiger partial charge in [0.2, 0.25) is 6.29 Å². The Morgan fingerprint density at radius 1 is 1.28 bits per heavy atom. The van der Waals surface area contributed by atoms with Crippen LogP contribution in [0.2, 0.25) is 0 Å². The molecule has 1 fully saturated rings. The van der Waals surface area contributed by atoms with Crippen molar-refractivity contribution in [3.63, 3.8) is 0 Å². The summed E-state index contributed by atoms with van der Waals surface area (Å²) in [6.45, 7) is 5.07. The highest BCUT2D eigenvalue weighted by molar-refractivity contribution is 5.07. The number of allylic oxidation sites excluding steroid dienone is 2. The molecule has 1 aliphatic heterocycles. The van der Waals surface area contributed by atoms with E-state index in [1.807, 2.05) is 13.0 Å². The zero-order chi connectivity index (χ0) is 13.7. The van der Waals surface area contributed by atoms with Crippen molar-refractivity contribution in [1.29, 1.82) is 0 Å². The molecule has 6 heteroatoms. The molecule has 1 aliphatic rings. The van der Waals surface area contributed by atoms with Crippen LogP contribution in [0.3, 0.4) is 0 Å². The normalized spacial score (nSPS) is 36.8. The molecule has 1 heterocycles. The lowest BCUT2D eigenvalue weighted by molar-refractivity contribution is -0.290. The minimum atomic E-state index is -1.44. The van der Waals surface area contributed by atoms with E-state index >= 15 is 0 Å². The molecule has 1 saturated heterocycles. The van der Waals surface area contributed by atoms with E-state index in [0.717, 1.165) is 6.42 Å². The lowest BCUT2D eigenvalue weighted by Gasteiger charge is -2.39. The maximum Gasteiger partial charge on any atom is 0.229 e. The monoisotopic (exact) mass is 260 g/mol. The van der Waals surface area contributed by atoms with Crippen LogP contribution in [0.25, 0.3) is 0 Å². The molecule has 0 saturated carbocycles. The van der Waals surface area contributed by atoms with Crippen LogP contribution in [0, 0.1) is 0 Å². The minimum absolute atomic E-state index is 0.265. The van der Waals surface area contributed by atoms with E-state index in [4.69, 9.17) is 14.6 Å².